The molecule has 1 amide bonds. The molecule has 2 heterocycles. The number of hydrogen-bond acceptors (Lipinski definition) is 5. The largest absolute Gasteiger partial charge is 0.361 e. The van der Waals surface area contributed by atoms with Crippen LogP contribution in [0.2, 0.25) is 0 Å². The van der Waals surface area contributed by atoms with E-state index in [1.54, 1.807) is 0 Å². The SMILES string of the molecule is Cc1[nH]c2c(c1C(=O)NC1CC(c3nnc(CN(C)C)n3C)C1)C(=O)CCC2. The quantitative estimate of drug-likeness (QED) is 0.818. The van der Waals surface area contributed by atoms with E-state index in [1.165, 1.54) is 0 Å². The molecule has 8 heteroatoms. The lowest BCUT2D eigenvalue weighted by atomic mass is 9.79. The molecule has 4 rings (SSSR count). The zero-order chi connectivity index (χ0) is 20.0. The lowest BCUT2D eigenvalue weighted by Crippen LogP contribution is -2.44. The number of ketones is 1. The van der Waals surface area contributed by atoms with Crippen molar-refractivity contribution in [3.05, 3.63) is 34.2 Å². The molecule has 2 aromatic rings. The average Bonchev–Trinajstić information content (AvgIpc) is 3.11. The zero-order valence-corrected chi connectivity index (χ0v) is 17.0. The van der Waals surface area contributed by atoms with E-state index in [0.29, 0.717) is 23.5 Å². The Balaban J connectivity index is 1.41. The Morgan fingerprint density at radius 3 is 2.75 bits per heavy atom. The molecule has 1 saturated carbocycles. The first kappa shape index (κ1) is 18.9. The molecule has 150 valence electrons. The third-order valence-electron chi connectivity index (χ3n) is 5.90. The molecule has 0 atom stereocenters. The van der Waals surface area contributed by atoms with Gasteiger partial charge < -0.3 is 19.8 Å². The number of amides is 1. The molecular weight excluding hydrogens is 356 g/mol. The number of aromatic amines is 1. The number of carbonyl (C=O) groups excluding carboxylic acids is 2. The van der Waals surface area contributed by atoms with Crippen molar-refractivity contribution >= 4 is 11.7 Å². The number of carbonyl (C=O) groups is 2. The third-order valence-corrected chi connectivity index (χ3v) is 5.90. The molecule has 8 nitrogen and oxygen atoms in total. The fraction of sp³-hybridized carbons (Fsp3) is 0.600. The Morgan fingerprint density at radius 2 is 2.04 bits per heavy atom. The van der Waals surface area contributed by atoms with E-state index in [-0.39, 0.29) is 17.7 Å². The number of Topliss-reactive ketones (excluding diaryl/α,β-unsaturated/α-hetero) is 1. The Labute approximate surface area is 164 Å². The molecule has 28 heavy (non-hydrogen) atoms. The summed E-state index contributed by atoms with van der Waals surface area (Å²) in [6.07, 6.45) is 3.91. The van der Waals surface area contributed by atoms with Crippen molar-refractivity contribution in [1.82, 2.24) is 30.0 Å². The minimum atomic E-state index is -0.139. The van der Waals surface area contributed by atoms with E-state index in [0.717, 1.165) is 55.3 Å². The molecule has 0 aromatic carbocycles. The Kier molecular flexibility index (Phi) is 4.82. The van der Waals surface area contributed by atoms with Crippen LogP contribution < -0.4 is 5.32 Å². The van der Waals surface area contributed by atoms with Gasteiger partial charge in [-0.05, 0) is 46.7 Å². The number of aryl methyl sites for hydroxylation is 2. The van der Waals surface area contributed by atoms with Crippen molar-refractivity contribution in [2.24, 2.45) is 7.05 Å². The van der Waals surface area contributed by atoms with Crippen LogP contribution in [0.4, 0.5) is 0 Å². The van der Waals surface area contributed by atoms with E-state index >= 15 is 0 Å². The molecule has 0 saturated heterocycles. The van der Waals surface area contributed by atoms with E-state index < -0.39 is 0 Å². The second kappa shape index (κ2) is 7.16. The first-order valence-corrected chi connectivity index (χ1v) is 9.93. The van der Waals surface area contributed by atoms with Crippen LogP contribution in [0.3, 0.4) is 0 Å². The number of nitrogens with one attached hydrogen (secondary N) is 2. The highest BCUT2D eigenvalue weighted by atomic mass is 16.2. The molecule has 2 aromatic heterocycles. The van der Waals surface area contributed by atoms with Crippen LogP contribution in [0.5, 0.6) is 0 Å². The van der Waals surface area contributed by atoms with Crippen molar-refractivity contribution in [1.29, 1.82) is 0 Å². The van der Waals surface area contributed by atoms with Gasteiger partial charge in [0.25, 0.3) is 5.91 Å². The van der Waals surface area contributed by atoms with Gasteiger partial charge in [0.1, 0.15) is 11.6 Å². The van der Waals surface area contributed by atoms with Gasteiger partial charge in [0.2, 0.25) is 0 Å². The zero-order valence-electron chi connectivity index (χ0n) is 17.0. The number of rotatable bonds is 5. The summed E-state index contributed by atoms with van der Waals surface area (Å²) in [5.74, 6) is 2.17. The Morgan fingerprint density at radius 1 is 1.29 bits per heavy atom. The monoisotopic (exact) mass is 384 g/mol. The lowest BCUT2D eigenvalue weighted by Gasteiger charge is -2.35. The first-order chi connectivity index (χ1) is 13.3. The van der Waals surface area contributed by atoms with Crippen molar-refractivity contribution in [3.8, 4) is 0 Å². The number of aromatic nitrogens is 4. The maximum atomic E-state index is 12.9. The summed E-state index contributed by atoms with van der Waals surface area (Å²) >= 11 is 0. The molecule has 0 spiro atoms. The normalized spacial score (nSPS) is 21.5. The van der Waals surface area contributed by atoms with Gasteiger partial charge in [0, 0.05) is 36.8 Å². The molecule has 0 unspecified atom stereocenters. The van der Waals surface area contributed by atoms with Crippen molar-refractivity contribution < 1.29 is 9.59 Å². The summed E-state index contributed by atoms with van der Waals surface area (Å²) in [6.45, 7) is 2.62. The predicted molar refractivity (Wildman–Crippen MR) is 104 cm³/mol. The van der Waals surface area contributed by atoms with Crippen LogP contribution in [0.25, 0.3) is 0 Å². The topological polar surface area (TPSA) is 95.9 Å². The molecule has 2 aliphatic rings. The van der Waals surface area contributed by atoms with Gasteiger partial charge in [-0.15, -0.1) is 10.2 Å². The van der Waals surface area contributed by atoms with Gasteiger partial charge in [-0.2, -0.15) is 0 Å². The van der Waals surface area contributed by atoms with Gasteiger partial charge in [-0.25, -0.2) is 0 Å². The maximum absolute atomic E-state index is 12.9. The fourth-order valence-electron chi connectivity index (χ4n) is 4.37. The summed E-state index contributed by atoms with van der Waals surface area (Å²) in [5.41, 5.74) is 2.85. The van der Waals surface area contributed by atoms with Crippen molar-refractivity contribution in [2.45, 2.75) is 57.5 Å². The molecule has 2 aliphatic carbocycles. The Hall–Kier alpha value is -2.48. The molecule has 1 fully saturated rings. The van der Waals surface area contributed by atoms with Crippen LogP contribution in [0.1, 0.15) is 75.4 Å². The Bertz CT molecular complexity index is 920. The number of nitrogens with zero attached hydrogens (tertiary/aromatic N) is 4. The summed E-state index contributed by atoms with van der Waals surface area (Å²) in [7, 11) is 6.02. The van der Waals surface area contributed by atoms with Crippen molar-refractivity contribution in [3.63, 3.8) is 0 Å². The standard InChI is InChI=1S/C20H28N6O2/c1-11-17(18-14(21-11)6-5-7-15(18)27)20(28)22-13-8-12(9-13)19-24-23-16(26(19)4)10-25(2)3/h12-13,21H,5-10H2,1-4H3,(H,22,28). The van der Waals surface area contributed by atoms with Gasteiger partial charge in [-0.3, -0.25) is 9.59 Å². The lowest BCUT2D eigenvalue weighted by molar-refractivity contribution is 0.0891. The predicted octanol–water partition coefficient (Wildman–Crippen LogP) is 1.71. The maximum Gasteiger partial charge on any atom is 0.254 e. The van der Waals surface area contributed by atoms with Crippen LogP contribution in [-0.2, 0) is 20.0 Å². The summed E-state index contributed by atoms with van der Waals surface area (Å²) in [5, 5.41) is 11.8. The number of H-pyrrole nitrogens is 1. The highest BCUT2D eigenvalue weighted by molar-refractivity contribution is 6.10. The highest BCUT2D eigenvalue weighted by Crippen LogP contribution is 2.36. The fourth-order valence-corrected chi connectivity index (χ4v) is 4.37. The highest BCUT2D eigenvalue weighted by Gasteiger charge is 2.36. The minimum Gasteiger partial charge on any atom is -0.361 e. The molecule has 0 bridgehead atoms. The summed E-state index contributed by atoms with van der Waals surface area (Å²) in [6, 6.07) is 0.107. The van der Waals surface area contributed by atoms with E-state index in [4.69, 9.17) is 0 Å². The van der Waals surface area contributed by atoms with Gasteiger partial charge >= 0.3 is 0 Å². The first-order valence-electron chi connectivity index (χ1n) is 9.93. The van der Waals surface area contributed by atoms with E-state index in [1.807, 2.05) is 28.1 Å². The van der Waals surface area contributed by atoms with E-state index in [2.05, 4.69) is 30.0 Å². The second-order valence-electron chi connectivity index (χ2n) is 8.37. The van der Waals surface area contributed by atoms with Gasteiger partial charge in [0.15, 0.2) is 5.78 Å². The van der Waals surface area contributed by atoms with Gasteiger partial charge in [-0.1, -0.05) is 0 Å². The minimum absolute atomic E-state index is 0.0785. The average molecular weight is 384 g/mol. The molecule has 0 aliphatic heterocycles. The number of fused-ring (bicyclic) bond motifs is 1. The van der Waals surface area contributed by atoms with Crippen LogP contribution >= 0.6 is 0 Å². The van der Waals surface area contributed by atoms with Crippen LogP contribution in [0, 0.1) is 6.92 Å². The van der Waals surface area contributed by atoms with Gasteiger partial charge in [0.05, 0.1) is 17.7 Å². The molecule has 0 radical (unpaired) electrons. The summed E-state index contributed by atoms with van der Waals surface area (Å²) in [4.78, 5) is 30.5. The summed E-state index contributed by atoms with van der Waals surface area (Å²) < 4.78 is 2.06. The number of hydrogen-bond donors (Lipinski definition) is 2. The van der Waals surface area contributed by atoms with Crippen molar-refractivity contribution in [2.75, 3.05) is 14.1 Å². The smallest absolute Gasteiger partial charge is 0.254 e. The molecular formula is C20H28N6O2. The molecule has 2 N–H and O–H groups in total. The van der Waals surface area contributed by atoms with Crippen LogP contribution in [-0.4, -0.2) is 56.5 Å². The van der Waals surface area contributed by atoms with Crippen LogP contribution in [0.15, 0.2) is 0 Å². The second-order valence-corrected chi connectivity index (χ2v) is 8.37. The third kappa shape index (κ3) is 3.26. The van der Waals surface area contributed by atoms with E-state index in [9.17, 15) is 9.59 Å².